The van der Waals surface area contributed by atoms with Crippen LogP contribution in [0.5, 0.6) is 0 Å². The van der Waals surface area contributed by atoms with Crippen molar-refractivity contribution in [1.82, 2.24) is 0 Å². The lowest BCUT2D eigenvalue weighted by Gasteiger charge is -2.27. The zero-order valence-corrected chi connectivity index (χ0v) is 10.0. The van der Waals surface area contributed by atoms with Gasteiger partial charge in [-0.1, -0.05) is 32.9 Å². The first-order chi connectivity index (χ1) is 7.23. The predicted octanol–water partition coefficient (Wildman–Crippen LogP) is 3.35. The van der Waals surface area contributed by atoms with E-state index in [4.69, 9.17) is 0 Å². The Morgan fingerprint density at radius 3 is 2.31 bits per heavy atom. The van der Waals surface area contributed by atoms with Crippen LogP contribution in [-0.4, -0.2) is 11.1 Å². The van der Waals surface area contributed by atoms with E-state index in [9.17, 15) is 14.3 Å². The summed E-state index contributed by atoms with van der Waals surface area (Å²) in [5, 5.41) is 9.19. The number of halogens is 1. The second-order valence-corrected chi connectivity index (χ2v) is 5.16. The number of rotatable bonds is 2. The van der Waals surface area contributed by atoms with Gasteiger partial charge in [-0.25, -0.2) is 4.39 Å². The molecule has 1 aromatic carbocycles. The molecule has 0 aliphatic rings. The predicted molar refractivity (Wildman–Crippen MR) is 61.0 cm³/mol. The van der Waals surface area contributed by atoms with Gasteiger partial charge in [-0.05, 0) is 24.0 Å². The molecule has 1 rings (SSSR count). The summed E-state index contributed by atoms with van der Waals surface area (Å²) in [7, 11) is 0. The van der Waals surface area contributed by atoms with E-state index in [2.05, 4.69) is 0 Å². The number of hydrogen-bond acceptors (Lipinski definition) is 1. The summed E-state index contributed by atoms with van der Waals surface area (Å²) in [4.78, 5) is 11.2. The minimum absolute atomic E-state index is 0.255. The zero-order chi connectivity index (χ0) is 12.5. The third-order valence-electron chi connectivity index (χ3n) is 2.58. The van der Waals surface area contributed by atoms with E-state index in [1.807, 2.05) is 0 Å². The highest BCUT2D eigenvalue weighted by molar-refractivity contribution is 5.77. The first kappa shape index (κ1) is 12.7. The van der Waals surface area contributed by atoms with Crippen molar-refractivity contribution < 1.29 is 14.3 Å². The molecule has 0 amide bonds. The van der Waals surface area contributed by atoms with Crippen LogP contribution in [0.4, 0.5) is 4.39 Å². The van der Waals surface area contributed by atoms with Crippen molar-refractivity contribution in [3.8, 4) is 0 Å². The molecule has 0 heterocycles. The van der Waals surface area contributed by atoms with Crippen molar-refractivity contribution in [2.45, 2.75) is 33.6 Å². The molecule has 0 aliphatic carbocycles. The Kier molecular flexibility index (Phi) is 3.36. The number of aryl methyl sites for hydroxylation is 1. The average Bonchev–Trinajstić information content (AvgIpc) is 2.06. The zero-order valence-electron chi connectivity index (χ0n) is 10.0. The molecule has 0 aromatic heterocycles. The first-order valence-electron chi connectivity index (χ1n) is 5.22. The maximum Gasteiger partial charge on any atom is 0.311 e. The molecule has 1 N–H and O–H groups in total. The molecule has 1 unspecified atom stereocenters. The monoisotopic (exact) mass is 224 g/mol. The van der Waals surface area contributed by atoms with Crippen LogP contribution in [0.2, 0.25) is 0 Å². The van der Waals surface area contributed by atoms with Crippen LogP contribution in [0.15, 0.2) is 18.2 Å². The lowest BCUT2D eigenvalue weighted by atomic mass is 9.76. The summed E-state index contributed by atoms with van der Waals surface area (Å²) >= 11 is 0. The standard InChI is InChI=1S/C13H17FO2/c1-8-5-6-9(10(14)7-8)11(12(15)16)13(2,3)4/h5-7,11H,1-4H3,(H,15,16). The molecule has 0 fully saturated rings. The normalized spacial score (nSPS) is 13.6. The second kappa shape index (κ2) is 4.24. The molecule has 88 valence electrons. The molecular weight excluding hydrogens is 207 g/mol. The van der Waals surface area contributed by atoms with E-state index in [0.29, 0.717) is 0 Å². The Morgan fingerprint density at radius 2 is 1.94 bits per heavy atom. The third kappa shape index (κ3) is 2.60. The van der Waals surface area contributed by atoms with Gasteiger partial charge < -0.3 is 5.11 Å². The van der Waals surface area contributed by atoms with Crippen LogP contribution in [0.25, 0.3) is 0 Å². The molecule has 0 radical (unpaired) electrons. The van der Waals surface area contributed by atoms with Crippen LogP contribution in [0.1, 0.15) is 37.8 Å². The highest BCUT2D eigenvalue weighted by Gasteiger charge is 2.34. The van der Waals surface area contributed by atoms with Crippen molar-refractivity contribution >= 4 is 5.97 Å². The van der Waals surface area contributed by atoms with E-state index >= 15 is 0 Å². The minimum Gasteiger partial charge on any atom is -0.481 e. The van der Waals surface area contributed by atoms with Crippen molar-refractivity contribution in [2.75, 3.05) is 0 Å². The van der Waals surface area contributed by atoms with Crippen molar-refractivity contribution in [3.05, 3.63) is 35.1 Å². The fourth-order valence-corrected chi connectivity index (χ4v) is 1.84. The van der Waals surface area contributed by atoms with Gasteiger partial charge in [0.25, 0.3) is 0 Å². The molecule has 0 aliphatic heterocycles. The molecule has 1 aromatic rings. The summed E-state index contributed by atoms with van der Waals surface area (Å²) in [5.74, 6) is -2.26. The van der Waals surface area contributed by atoms with E-state index in [-0.39, 0.29) is 5.56 Å². The fourth-order valence-electron chi connectivity index (χ4n) is 1.84. The Bertz CT molecular complexity index is 405. The number of benzene rings is 1. The Morgan fingerprint density at radius 1 is 1.38 bits per heavy atom. The van der Waals surface area contributed by atoms with Crippen LogP contribution in [-0.2, 0) is 4.79 Å². The van der Waals surface area contributed by atoms with E-state index in [0.717, 1.165) is 5.56 Å². The molecule has 16 heavy (non-hydrogen) atoms. The lowest BCUT2D eigenvalue weighted by molar-refractivity contribution is -0.141. The third-order valence-corrected chi connectivity index (χ3v) is 2.58. The summed E-state index contributed by atoms with van der Waals surface area (Å²) in [6, 6.07) is 4.67. The summed E-state index contributed by atoms with van der Waals surface area (Å²) in [5.41, 5.74) is 0.534. The highest BCUT2D eigenvalue weighted by atomic mass is 19.1. The van der Waals surface area contributed by atoms with Crippen molar-refractivity contribution in [3.63, 3.8) is 0 Å². The van der Waals surface area contributed by atoms with Crippen molar-refractivity contribution in [2.24, 2.45) is 5.41 Å². The number of hydrogen-bond donors (Lipinski definition) is 1. The molecule has 0 saturated heterocycles. The van der Waals surface area contributed by atoms with Crippen LogP contribution >= 0.6 is 0 Å². The lowest BCUT2D eigenvalue weighted by Crippen LogP contribution is -2.27. The topological polar surface area (TPSA) is 37.3 Å². The molecule has 3 heteroatoms. The Labute approximate surface area is 95.1 Å². The molecular formula is C13H17FO2. The molecule has 1 atom stereocenters. The van der Waals surface area contributed by atoms with Gasteiger partial charge in [0.2, 0.25) is 0 Å². The van der Waals surface area contributed by atoms with E-state index < -0.39 is 23.1 Å². The Balaban J connectivity index is 3.28. The number of aliphatic carboxylic acids is 1. The van der Waals surface area contributed by atoms with Gasteiger partial charge in [0, 0.05) is 5.56 Å². The van der Waals surface area contributed by atoms with Gasteiger partial charge in [0.1, 0.15) is 5.82 Å². The summed E-state index contributed by atoms with van der Waals surface area (Å²) in [6.07, 6.45) is 0. The fraction of sp³-hybridized carbons (Fsp3) is 0.462. The van der Waals surface area contributed by atoms with Gasteiger partial charge in [0.05, 0.1) is 5.92 Å². The number of carboxylic acids is 1. The van der Waals surface area contributed by atoms with Gasteiger partial charge in [-0.3, -0.25) is 4.79 Å². The van der Waals surface area contributed by atoms with Crippen LogP contribution in [0, 0.1) is 18.2 Å². The maximum atomic E-state index is 13.7. The number of carboxylic acid groups (broad SMARTS) is 1. The van der Waals surface area contributed by atoms with E-state index in [1.165, 1.54) is 6.07 Å². The second-order valence-electron chi connectivity index (χ2n) is 5.16. The molecule has 0 spiro atoms. The number of carbonyl (C=O) groups is 1. The minimum atomic E-state index is -0.991. The SMILES string of the molecule is Cc1ccc(C(C(=O)O)C(C)(C)C)c(F)c1. The summed E-state index contributed by atoms with van der Waals surface area (Å²) < 4.78 is 13.7. The maximum absolute atomic E-state index is 13.7. The molecule has 0 saturated carbocycles. The molecule has 0 bridgehead atoms. The Hall–Kier alpha value is -1.38. The van der Waals surface area contributed by atoms with Gasteiger partial charge >= 0.3 is 5.97 Å². The smallest absolute Gasteiger partial charge is 0.311 e. The summed E-state index contributed by atoms with van der Waals surface area (Å²) in [6.45, 7) is 7.17. The van der Waals surface area contributed by atoms with Crippen LogP contribution in [0.3, 0.4) is 0 Å². The van der Waals surface area contributed by atoms with Gasteiger partial charge in [-0.15, -0.1) is 0 Å². The highest BCUT2D eigenvalue weighted by Crippen LogP contribution is 2.36. The average molecular weight is 224 g/mol. The van der Waals surface area contributed by atoms with Gasteiger partial charge in [0.15, 0.2) is 0 Å². The van der Waals surface area contributed by atoms with Crippen molar-refractivity contribution in [1.29, 1.82) is 0 Å². The first-order valence-corrected chi connectivity index (χ1v) is 5.22. The molecule has 2 nitrogen and oxygen atoms in total. The van der Waals surface area contributed by atoms with Crippen LogP contribution < -0.4 is 0 Å². The largest absolute Gasteiger partial charge is 0.481 e. The van der Waals surface area contributed by atoms with Gasteiger partial charge in [-0.2, -0.15) is 0 Å². The van der Waals surface area contributed by atoms with E-state index in [1.54, 1.807) is 39.8 Å². The quantitative estimate of drug-likeness (QED) is 0.836.